The predicted molar refractivity (Wildman–Crippen MR) is 194 cm³/mol. The smallest absolute Gasteiger partial charge is 0.341 e. The SMILES string of the molecule is CCCCCC=C(c1cc(Br)c(OC)c(C(=O)OC)c1)c1cc(Br)c(OC)c(C(=O)OC)c1.O=c1[nH]cnc2c1ncn2[C@H]1CC[C@@H](CO)O1. The third kappa shape index (κ3) is 8.81. The van der Waals surface area contributed by atoms with Crippen LogP contribution < -0.4 is 15.0 Å². The Bertz CT molecular complexity index is 1830. The van der Waals surface area contributed by atoms with Gasteiger partial charge in [0.25, 0.3) is 5.56 Å². The number of aliphatic hydroxyl groups is 1. The second-order valence-electron chi connectivity index (χ2n) is 11.2. The van der Waals surface area contributed by atoms with E-state index in [0.717, 1.165) is 55.2 Å². The number of allylic oxidation sites excluding steroid dienone is 1. The molecule has 268 valence electrons. The Hall–Kier alpha value is -4.05. The molecule has 0 aliphatic carbocycles. The number of nitrogens with one attached hydrogen (secondary N) is 1. The number of halogens is 2. The summed E-state index contributed by atoms with van der Waals surface area (Å²) in [7, 11) is 5.65. The number of H-pyrrole nitrogens is 1. The number of ether oxygens (including phenoxy) is 5. The minimum atomic E-state index is -0.508. The van der Waals surface area contributed by atoms with Crippen molar-refractivity contribution in [2.75, 3.05) is 35.0 Å². The zero-order valence-corrected chi connectivity index (χ0v) is 31.6. The molecule has 15 heteroatoms. The van der Waals surface area contributed by atoms with Gasteiger partial charge in [0.15, 0.2) is 11.2 Å². The number of rotatable bonds is 12. The summed E-state index contributed by atoms with van der Waals surface area (Å²) in [4.78, 5) is 47.0. The normalized spacial score (nSPS) is 15.2. The lowest BCUT2D eigenvalue weighted by molar-refractivity contribution is -0.0207. The number of imidazole rings is 1. The summed E-state index contributed by atoms with van der Waals surface area (Å²) in [5.74, 6) is -0.235. The molecule has 3 heterocycles. The van der Waals surface area contributed by atoms with Crippen LogP contribution in [0.2, 0.25) is 0 Å². The fraction of sp³-hybridized carbons (Fsp3) is 0.400. The van der Waals surface area contributed by atoms with Crippen LogP contribution in [0.1, 0.15) is 83.5 Å². The van der Waals surface area contributed by atoms with Crippen molar-refractivity contribution in [2.45, 2.75) is 57.8 Å². The van der Waals surface area contributed by atoms with Gasteiger partial charge in [0, 0.05) is 0 Å². The van der Waals surface area contributed by atoms with Crippen LogP contribution in [0.15, 0.2) is 56.7 Å². The number of aromatic nitrogens is 4. The largest absolute Gasteiger partial charge is 0.495 e. The van der Waals surface area contributed by atoms with Crippen molar-refractivity contribution < 1.29 is 38.4 Å². The van der Waals surface area contributed by atoms with Crippen LogP contribution in [-0.4, -0.2) is 77.7 Å². The van der Waals surface area contributed by atoms with Crippen molar-refractivity contribution in [2.24, 2.45) is 0 Å². The molecule has 50 heavy (non-hydrogen) atoms. The summed E-state index contributed by atoms with van der Waals surface area (Å²) in [5.41, 5.74) is 3.55. The Morgan fingerprint density at radius 3 is 2.06 bits per heavy atom. The molecule has 1 aliphatic rings. The first-order valence-corrected chi connectivity index (χ1v) is 17.5. The highest BCUT2D eigenvalue weighted by Gasteiger charge is 2.28. The number of aromatic amines is 1. The molecule has 0 radical (unpaired) electrons. The molecule has 5 rings (SSSR count). The lowest BCUT2D eigenvalue weighted by atomic mass is 9.93. The standard InChI is InChI=1S/C25H28Br2O6.C10H12N4O3/c1-6-7-8-9-10-17(15-11-18(24(28)32-4)22(30-2)20(26)13-15)16-12-19(25(29)33-5)23(31-3)21(27)14-16;15-3-6-1-2-7(17-6)14-5-13-8-9(14)11-4-12-10(8)16/h10-14H,6-9H2,1-5H3;4-7,15H,1-3H2,(H,11,12,16)/t;6-,7+/m.0/s1. The summed E-state index contributed by atoms with van der Waals surface area (Å²) < 4.78 is 29.3. The van der Waals surface area contributed by atoms with Gasteiger partial charge in [-0.2, -0.15) is 0 Å². The third-order valence-electron chi connectivity index (χ3n) is 8.05. The Kier molecular flexibility index (Phi) is 14.2. The number of esters is 2. The number of benzene rings is 2. The van der Waals surface area contributed by atoms with Crippen LogP contribution in [0.25, 0.3) is 16.7 Å². The molecule has 13 nitrogen and oxygen atoms in total. The topological polar surface area (TPSA) is 164 Å². The van der Waals surface area contributed by atoms with Crippen LogP contribution in [0.3, 0.4) is 0 Å². The first kappa shape index (κ1) is 38.7. The molecule has 2 aromatic heterocycles. The van der Waals surface area contributed by atoms with Gasteiger partial charge in [-0.3, -0.25) is 9.36 Å². The highest BCUT2D eigenvalue weighted by Crippen LogP contribution is 2.39. The number of unbranched alkanes of at least 4 members (excludes halogenated alkanes) is 3. The summed E-state index contributed by atoms with van der Waals surface area (Å²) in [6.07, 6.45) is 10.3. The first-order chi connectivity index (χ1) is 24.1. The second-order valence-corrected chi connectivity index (χ2v) is 12.9. The molecular weight excluding hydrogens is 780 g/mol. The van der Waals surface area contributed by atoms with Crippen molar-refractivity contribution in [3.8, 4) is 11.5 Å². The van der Waals surface area contributed by atoms with Crippen LogP contribution in [0, 0.1) is 0 Å². The van der Waals surface area contributed by atoms with Crippen molar-refractivity contribution in [3.05, 3.63) is 84.5 Å². The average Bonchev–Trinajstić information content (AvgIpc) is 3.78. The van der Waals surface area contributed by atoms with Gasteiger partial charge in [-0.1, -0.05) is 25.8 Å². The molecule has 0 spiro atoms. The number of aliphatic hydroxyl groups excluding tert-OH is 1. The second kappa shape index (κ2) is 18.3. The van der Waals surface area contributed by atoms with Crippen molar-refractivity contribution >= 4 is 60.5 Å². The van der Waals surface area contributed by atoms with Gasteiger partial charge < -0.3 is 33.8 Å². The van der Waals surface area contributed by atoms with E-state index >= 15 is 0 Å². The summed E-state index contributed by atoms with van der Waals surface area (Å²) >= 11 is 7.02. The summed E-state index contributed by atoms with van der Waals surface area (Å²) in [6.45, 7) is 2.16. The maximum atomic E-state index is 12.4. The van der Waals surface area contributed by atoms with E-state index in [2.05, 4.69) is 59.8 Å². The Labute approximate surface area is 306 Å². The first-order valence-electron chi connectivity index (χ1n) is 15.9. The molecule has 2 N–H and O–H groups in total. The molecule has 0 amide bonds. The van der Waals surface area contributed by atoms with Gasteiger partial charge in [-0.05, 0) is 98.5 Å². The lowest BCUT2D eigenvalue weighted by Crippen LogP contribution is -2.14. The predicted octanol–water partition coefficient (Wildman–Crippen LogP) is 6.60. The van der Waals surface area contributed by atoms with Crippen LogP contribution in [0.4, 0.5) is 0 Å². The summed E-state index contributed by atoms with van der Waals surface area (Å²) in [6, 6.07) is 7.23. The molecule has 2 atom stereocenters. The maximum absolute atomic E-state index is 12.4. The van der Waals surface area contributed by atoms with Gasteiger partial charge in [0.1, 0.15) is 28.9 Å². The van der Waals surface area contributed by atoms with Crippen LogP contribution in [0.5, 0.6) is 11.5 Å². The molecule has 4 aromatic rings. The van der Waals surface area contributed by atoms with Crippen LogP contribution >= 0.6 is 31.9 Å². The number of nitrogens with zero attached hydrogens (tertiary/aromatic N) is 3. The van der Waals surface area contributed by atoms with E-state index in [4.69, 9.17) is 28.8 Å². The number of hydrogen-bond donors (Lipinski definition) is 2. The Balaban J connectivity index is 0.000000273. The zero-order valence-electron chi connectivity index (χ0n) is 28.5. The molecule has 0 unspecified atom stereocenters. The third-order valence-corrected chi connectivity index (χ3v) is 9.23. The highest BCUT2D eigenvalue weighted by molar-refractivity contribution is 9.11. The molecule has 1 saturated heterocycles. The van der Waals surface area contributed by atoms with Crippen molar-refractivity contribution in [1.29, 1.82) is 0 Å². The zero-order chi connectivity index (χ0) is 36.4. The van der Waals surface area contributed by atoms with E-state index in [1.807, 2.05) is 12.1 Å². The summed E-state index contributed by atoms with van der Waals surface area (Å²) in [5, 5.41) is 9.02. The molecule has 0 saturated carbocycles. The van der Waals surface area contributed by atoms with Crippen molar-refractivity contribution in [1.82, 2.24) is 19.5 Å². The maximum Gasteiger partial charge on any atom is 0.341 e. The number of carbonyl (C=O) groups is 2. The minimum absolute atomic E-state index is 0.0111. The Morgan fingerprint density at radius 1 is 0.960 bits per heavy atom. The molecule has 0 bridgehead atoms. The van der Waals surface area contributed by atoms with E-state index in [9.17, 15) is 14.4 Å². The fourth-order valence-electron chi connectivity index (χ4n) is 5.58. The number of methoxy groups -OCH3 is 4. The number of carbonyl (C=O) groups excluding carboxylic acids is 2. The van der Waals surface area contributed by atoms with E-state index in [-0.39, 0.29) is 24.5 Å². The van der Waals surface area contributed by atoms with Gasteiger partial charge in [-0.25, -0.2) is 19.6 Å². The van der Waals surface area contributed by atoms with E-state index < -0.39 is 11.9 Å². The number of fused-ring (bicyclic) bond motifs is 1. The molecule has 1 fully saturated rings. The van der Waals surface area contributed by atoms with Crippen LogP contribution in [-0.2, 0) is 14.2 Å². The molecule has 1 aliphatic heterocycles. The highest BCUT2D eigenvalue weighted by atomic mass is 79.9. The fourth-order valence-corrected chi connectivity index (χ4v) is 6.82. The average molecular weight is 821 g/mol. The quantitative estimate of drug-likeness (QED) is 0.117. The Morgan fingerprint density at radius 2 is 1.56 bits per heavy atom. The lowest BCUT2D eigenvalue weighted by Gasteiger charge is -2.17. The van der Waals surface area contributed by atoms with E-state index in [0.29, 0.717) is 42.7 Å². The van der Waals surface area contributed by atoms with Gasteiger partial charge in [0.2, 0.25) is 0 Å². The molecular formula is C35H40Br2N4O9. The number of hydrogen-bond acceptors (Lipinski definition) is 11. The minimum Gasteiger partial charge on any atom is -0.495 e. The van der Waals surface area contributed by atoms with E-state index in [1.165, 1.54) is 34.8 Å². The van der Waals surface area contributed by atoms with Gasteiger partial charge >= 0.3 is 11.9 Å². The van der Waals surface area contributed by atoms with Gasteiger partial charge in [0.05, 0.1) is 62.8 Å². The molecule has 2 aromatic carbocycles. The van der Waals surface area contributed by atoms with E-state index in [1.54, 1.807) is 23.0 Å². The van der Waals surface area contributed by atoms with Crippen molar-refractivity contribution in [3.63, 3.8) is 0 Å². The van der Waals surface area contributed by atoms with Gasteiger partial charge in [-0.15, -0.1) is 0 Å². The monoisotopic (exact) mass is 818 g/mol.